The smallest absolute Gasteiger partial charge is 0.433 e. The van der Waals surface area contributed by atoms with Crippen LogP contribution in [0, 0.1) is 0 Å². The second-order valence-electron chi connectivity index (χ2n) is 3.63. The summed E-state index contributed by atoms with van der Waals surface area (Å²) in [6.45, 7) is 1.44. The Bertz CT molecular complexity index is 504. The Morgan fingerprint density at radius 3 is 2.50 bits per heavy atom. The second-order valence-corrected chi connectivity index (χ2v) is 4.03. The van der Waals surface area contributed by atoms with E-state index in [2.05, 4.69) is 9.72 Å². The summed E-state index contributed by atoms with van der Waals surface area (Å²) in [6, 6.07) is 0. The fraction of sp³-hybridized carbons (Fsp3) is 0.455. The highest BCUT2D eigenvalue weighted by Gasteiger charge is 2.39. The molecule has 1 rings (SSSR count). The summed E-state index contributed by atoms with van der Waals surface area (Å²) in [6.07, 6.45) is -8.73. The van der Waals surface area contributed by atoms with Gasteiger partial charge in [0.2, 0.25) is 0 Å². The van der Waals surface area contributed by atoms with Gasteiger partial charge in [0, 0.05) is 6.20 Å². The van der Waals surface area contributed by atoms with Crippen molar-refractivity contribution in [3.8, 4) is 0 Å². The molecule has 0 spiro atoms. The minimum atomic E-state index is -5.07. The molecule has 0 N–H and O–H groups in total. The molecule has 0 atom stereocenters. The summed E-state index contributed by atoms with van der Waals surface area (Å²) < 4.78 is 68.2. The summed E-state index contributed by atoms with van der Waals surface area (Å²) in [7, 11) is 0. The van der Waals surface area contributed by atoms with E-state index in [4.69, 9.17) is 11.6 Å². The molecule has 0 saturated carbocycles. The van der Waals surface area contributed by atoms with Gasteiger partial charge in [-0.3, -0.25) is 4.79 Å². The maximum Gasteiger partial charge on any atom is 0.433 e. The van der Waals surface area contributed by atoms with Crippen molar-refractivity contribution in [1.82, 2.24) is 4.98 Å². The number of rotatable bonds is 4. The van der Waals surface area contributed by atoms with Crippen LogP contribution in [-0.2, 0) is 22.1 Å². The van der Waals surface area contributed by atoms with Crippen LogP contribution >= 0.6 is 11.6 Å². The monoisotopic (exact) mass is 317 g/mol. The van der Waals surface area contributed by atoms with E-state index >= 15 is 0 Å². The van der Waals surface area contributed by atoms with Crippen molar-refractivity contribution in [2.75, 3.05) is 6.61 Å². The minimum Gasteiger partial charge on any atom is -0.466 e. The van der Waals surface area contributed by atoms with Crippen molar-refractivity contribution in [1.29, 1.82) is 0 Å². The van der Waals surface area contributed by atoms with Crippen LogP contribution in [0.25, 0.3) is 0 Å². The Morgan fingerprint density at radius 2 is 2.05 bits per heavy atom. The molecular formula is C11H9ClF5NO2. The van der Waals surface area contributed by atoms with Gasteiger partial charge in [0.15, 0.2) is 5.69 Å². The van der Waals surface area contributed by atoms with Crippen LogP contribution in [0.2, 0.25) is 5.02 Å². The molecule has 0 radical (unpaired) electrons. The quantitative estimate of drug-likeness (QED) is 0.626. The van der Waals surface area contributed by atoms with E-state index in [0.29, 0.717) is 6.20 Å². The Hall–Kier alpha value is -1.44. The Balaban J connectivity index is 3.37. The van der Waals surface area contributed by atoms with Crippen molar-refractivity contribution in [3.05, 3.63) is 28.0 Å². The number of aromatic nitrogens is 1. The van der Waals surface area contributed by atoms with Crippen molar-refractivity contribution >= 4 is 17.6 Å². The molecule has 0 fully saturated rings. The number of esters is 1. The molecular weight excluding hydrogens is 309 g/mol. The van der Waals surface area contributed by atoms with Gasteiger partial charge in [-0.15, -0.1) is 0 Å². The SMILES string of the molecule is CCOC(=O)Cc1c(Cl)cnc(C(F)(F)F)c1C(F)F. The third-order valence-electron chi connectivity index (χ3n) is 2.29. The van der Waals surface area contributed by atoms with Crippen LogP contribution in [0.3, 0.4) is 0 Å². The molecule has 9 heteroatoms. The first kappa shape index (κ1) is 16.6. The van der Waals surface area contributed by atoms with E-state index in [1.54, 1.807) is 0 Å². The molecule has 1 heterocycles. The third-order valence-corrected chi connectivity index (χ3v) is 2.61. The first-order valence-corrected chi connectivity index (χ1v) is 5.74. The Labute approximate surface area is 115 Å². The van der Waals surface area contributed by atoms with Crippen LogP contribution in [0.1, 0.15) is 30.2 Å². The van der Waals surface area contributed by atoms with Crippen molar-refractivity contribution in [3.63, 3.8) is 0 Å². The molecule has 20 heavy (non-hydrogen) atoms. The van der Waals surface area contributed by atoms with Crippen LogP contribution in [0.4, 0.5) is 22.0 Å². The highest BCUT2D eigenvalue weighted by Crippen LogP contribution is 2.39. The van der Waals surface area contributed by atoms with Crippen molar-refractivity contribution < 1.29 is 31.5 Å². The molecule has 0 aliphatic rings. The molecule has 3 nitrogen and oxygen atoms in total. The Morgan fingerprint density at radius 1 is 1.45 bits per heavy atom. The van der Waals surface area contributed by atoms with Gasteiger partial charge in [0.25, 0.3) is 6.43 Å². The van der Waals surface area contributed by atoms with Gasteiger partial charge in [-0.2, -0.15) is 13.2 Å². The number of hydrogen-bond acceptors (Lipinski definition) is 3. The number of halogens is 6. The van der Waals surface area contributed by atoms with Crippen LogP contribution < -0.4 is 0 Å². The summed E-state index contributed by atoms with van der Waals surface area (Å²) in [4.78, 5) is 14.2. The predicted molar refractivity (Wildman–Crippen MR) is 59.5 cm³/mol. The number of carbonyl (C=O) groups excluding carboxylic acids is 1. The van der Waals surface area contributed by atoms with E-state index in [1.807, 2.05) is 0 Å². The van der Waals surface area contributed by atoms with Crippen LogP contribution in [0.5, 0.6) is 0 Å². The van der Waals surface area contributed by atoms with Crippen molar-refractivity contribution in [2.24, 2.45) is 0 Å². The summed E-state index contributed by atoms with van der Waals surface area (Å²) in [5.41, 5.74) is -3.77. The number of nitrogens with zero attached hydrogens (tertiary/aromatic N) is 1. The first-order valence-electron chi connectivity index (χ1n) is 5.36. The lowest BCUT2D eigenvalue weighted by atomic mass is 10.0. The molecule has 0 saturated heterocycles. The lowest BCUT2D eigenvalue weighted by molar-refractivity contribution is -0.144. The topological polar surface area (TPSA) is 39.2 Å². The number of alkyl halides is 5. The molecule has 0 aliphatic carbocycles. The summed E-state index contributed by atoms with van der Waals surface area (Å²) in [5, 5.41) is -0.443. The second kappa shape index (κ2) is 6.34. The number of pyridine rings is 1. The van der Waals surface area contributed by atoms with Gasteiger partial charge in [-0.25, -0.2) is 13.8 Å². The molecule has 0 unspecified atom stereocenters. The van der Waals surface area contributed by atoms with Gasteiger partial charge in [-0.05, 0) is 12.5 Å². The average molecular weight is 318 g/mol. The zero-order valence-electron chi connectivity index (χ0n) is 10.1. The molecule has 1 aromatic rings. The predicted octanol–water partition coefficient (Wildman–Crippen LogP) is 3.80. The highest BCUT2D eigenvalue weighted by molar-refractivity contribution is 6.31. The van der Waals surface area contributed by atoms with E-state index in [9.17, 15) is 26.7 Å². The standard InChI is InChI=1S/C11H9ClF5NO2/c1-2-20-7(19)3-5-6(12)4-18-9(11(15,16)17)8(5)10(13)14/h4,10H,2-3H2,1H3. The first-order chi connectivity index (χ1) is 9.18. The number of carbonyl (C=O) groups is 1. The minimum absolute atomic E-state index is 0.0301. The molecule has 1 aromatic heterocycles. The van der Waals surface area contributed by atoms with Gasteiger partial charge in [0.05, 0.1) is 23.6 Å². The van der Waals surface area contributed by atoms with Crippen LogP contribution in [0.15, 0.2) is 6.20 Å². The summed E-state index contributed by atoms with van der Waals surface area (Å²) in [5.74, 6) is -0.948. The molecule has 0 bridgehead atoms. The van der Waals surface area contributed by atoms with E-state index in [-0.39, 0.29) is 6.61 Å². The summed E-state index contributed by atoms with van der Waals surface area (Å²) >= 11 is 5.57. The lowest BCUT2D eigenvalue weighted by Gasteiger charge is -2.16. The Kier molecular flexibility index (Phi) is 5.27. The highest BCUT2D eigenvalue weighted by atomic mass is 35.5. The zero-order chi connectivity index (χ0) is 15.5. The zero-order valence-corrected chi connectivity index (χ0v) is 10.9. The maximum atomic E-state index is 12.9. The van der Waals surface area contributed by atoms with Gasteiger partial charge < -0.3 is 4.74 Å². The number of hydrogen-bond donors (Lipinski definition) is 0. The molecule has 0 aromatic carbocycles. The van der Waals surface area contributed by atoms with Gasteiger partial charge >= 0.3 is 12.1 Å². The molecule has 112 valence electrons. The largest absolute Gasteiger partial charge is 0.466 e. The van der Waals surface area contributed by atoms with Gasteiger partial charge in [0.1, 0.15) is 0 Å². The maximum absolute atomic E-state index is 12.9. The van der Waals surface area contributed by atoms with Gasteiger partial charge in [-0.1, -0.05) is 11.6 Å². The normalized spacial score (nSPS) is 11.8. The fourth-order valence-electron chi connectivity index (χ4n) is 1.54. The average Bonchev–Trinajstić information content (AvgIpc) is 2.29. The van der Waals surface area contributed by atoms with E-state index < -0.39 is 46.8 Å². The molecule has 0 amide bonds. The van der Waals surface area contributed by atoms with E-state index in [0.717, 1.165) is 0 Å². The lowest BCUT2D eigenvalue weighted by Crippen LogP contribution is -2.17. The number of ether oxygens (including phenoxy) is 1. The third kappa shape index (κ3) is 3.78. The van der Waals surface area contributed by atoms with Crippen molar-refractivity contribution in [2.45, 2.75) is 25.9 Å². The fourth-order valence-corrected chi connectivity index (χ4v) is 1.75. The van der Waals surface area contributed by atoms with Crippen LogP contribution in [-0.4, -0.2) is 17.6 Å². The van der Waals surface area contributed by atoms with E-state index in [1.165, 1.54) is 6.92 Å². The molecule has 0 aliphatic heterocycles.